The summed E-state index contributed by atoms with van der Waals surface area (Å²) in [5.74, 6) is 1.04. The number of hydrogen-bond donors (Lipinski definition) is 2. The van der Waals surface area contributed by atoms with Gasteiger partial charge in [-0.3, -0.25) is 0 Å². The lowest BCUT2D eigenvalue weighted by atomic mass is 9.86. The highest BCUT2D eigenvalue weighted by Gasteiger charge is 2.21. The molecule has 0 aliphatic carbocycles. The van der Waals surface area contributed by atoms with Crippen LogP contribution in [0.5, 0.6) is 17.5 Å². The molecule has 2 aromatic carbocycles. The Balaban J connectivity index is 1.77. The number of nitrogens with zero attached hydrogens (tertiary/aromatic N) is 3. The van der Waals surface area contributed by atoms with Crippen LogP contribution in [0.3, 0.4) is 0 Å². The van der Waals surface area contributed by atoms with Gasteiger partial charge in [-0.05, 0) is 42.7 Å². The molecular weight excluding hydrogens is 432 g/mol. The molecule has 8 nitrogen and oxygen atoms in total. The lowest BCUT2D eigenvalue weighted by Gasteiger charge is -2.23. The van der Waals surface area contributed by atoms with Gasteiger partial charge in [-0.1, -0.05) is 39.0 Å². The first kappa shape index (κ1) is 23.1. The second kappa shape index (κ2) is 9.05. The fourth-order valence-corrected chi connectivity index (χ4v) is 3.78. The summed E-state index contributed by atoms with van der Waals surface area (Å²) in [5.41, 5.74) is 3.16. The topological polar surface area (TPSA) is 98.5 Å². The van der Waals surface area contributed by atoms with Gasteiger partial charge in [-0.15, -0.1) is 0 Å². The van der Waals surface area contributed by atoms with E-state index in [2.05, 4.69) is 36.1 Å². The number of aryl methyl sites for hydroxylation is 1. The minimum Gasteiger partial charge on any atom is -0.481 e. The van der Waals surface area contributed by atoms with Crippen LogP contribution in [-0.2, 0) is 12.0 Å². The summed E-state index contributed by atoms with van der Waals surface area (Å²) in [6, 6.07) is 16.3. The van der Waals surface area contributed by atoms with Gasteiger partial charge in [0.2, 0.25) is 17.7 Å². The fourth-order valence-electron chi connectivity index (χ4n) is 3.78. The lowest BCUT2D eigenvalue weighted by Crippen LogP contribution is -2.12. The van der Waals surface area contributed by atoms with Gasteiger partial charge in [0.25, 0.3) is 0 Å². The first-order valence-corrected chi connectivity index (χ1v) is 11.0. The average molecular weight is 461 g/mol. The number of imidazole rings is 1. The molecular formula is C26H28N4O4. The summed E-state index contributed by atoms with van der Waals surface area (Å²) in [7, 11) is 1.55. The van der Waals surface area contributed by atoms with Crippen LogP contribution in [0.15, 0.2) is 54.6 Å². The molecule has 0 aliphatic rings. The van der Waals surface area contributed by atoms with Crippen molar-refractivity contribution in [3.63, 3.8) is 0 Å². The third-order valence-electron chi connectivity index (χ3n) is 5.50. The Hall–Kier alpha value is -4.07. The van der Waals surface area contributed by atoms with Gasteiger partial charge in [-0.25, -0.2) is 9.78 Å². The molecule has 0 aliphatic heterocycles. The minimum atomic E-state index is -0.979. The summed E-state index contributed by atoms with van der Waals surface area (Å²) in [6.45, 7) is 8.95. The number of hydrogen-bond acceptors (Lipinski definition) is 6. The highest BCUT2D eigenvalue weighted by molar-refractivity contribution is 5.93. The van der Waals surface area contributed by atoms with E-state index in [4.69, 9.17) is 9.47 Å². The molecule has 2 heterocycles. The molecule has 0 radical (unpaired) electrons. The Labute approximate surface area is 198 Å². The molecule has 0 unspecified atom stereocenters. The number of anilines is 2. The Bertz CT molecular complexity index is 1350. The lowest BCUT2D eigenvalue weighted by molar-refractivity contribution is 0.0697. The Morgan fingerprint density at radius 3 is 2.53 bits per heavy atom. The molecule has 0 amide bonds. The molecule has 2 aromatic heterocycles. The zero-order chi connectivity index (χ0) is 24.5. The maximum Gasteiger partial charge on any atom is 0.335 e. The molecule has 4 rings (SSSR count). The van der Waals surface area contributed by atoms with Gasteiger partial charge in [0, 0.05) is 18.2 Å². The van der Waals surface area contributed by atoms with E-state index in [0.717, 1.165) is 11.1 Å². The first-order valence-electron chi connectivity index (χ1n) is 11.0. The summed E-state index contributed by atoms with van der Waals surface area (Å²) in [6.07, 6.45) is 0. The van der Waals surface area contributed by atoms with Gasteiger partial charge in [-0.2, -0.15) is 4.98 Å². The molecule has 4 aromatic rings. The number of para-hydroxylation sites is 1. The third kappa shape index (κ3) is 4.52. The summed E-state index contributed by atoms with van der Waals surface area (Å²) < 4.78 is 13.6. The summed E-state index contributed by atoms with van der Waals surface area (Å²) in [5, 5.41) is 12.7. The number of aromatic nitrogens is 3. The predicted octanol–water partition coefficient (Wildman–Crippen LogP) is 5.99. The van der Waals surface area contributed by atoms with Crippen molar-refractivity contribution in [2.24, 2.45) is 0 Å². The quantitative estimate of drug-likeness (QED) is 0.349. The van der Waals surface area contributed by atoms with E-state index >= 15 is 0 Å². The SMILES string of the molecule is CCn1c(Nc2ccc(OC)nc2Oc2ccccc2C(C)(C)C)nc2ccc(C(=O)O)cc21. The first-order chi connectivity index (χ1) is 16.2. The smallest absolute Gasteiger partial charge is 0.335 e. The molecule has 0 saturated heterocycles. The number of benzene rings is 2. The summed E-state index contributed by atoms with van der Waals surface area (Å²) >= 11 is 0. The molecule has 0 bridgehead atoms. The zero-order valence-electron chi connectivity index (χ0n) is 19.9. The Morgan fingerprint density at radius 2 is 1.85 bits per heavy atom. The number of pyridine rings is 1. The van der Waals surface area contributed by atoms with Crippen LogP contribution in [0.2, 0.25) is 0 Å². The Kier molecular flexibility index (Phi) is 6.15. The molecule has 0 spiro atoms. The van der Waals surface area contributed by atoms with Crippen LogP contribution in [0, 0.1) is 0 Å². The number of nitrogens with one attached hydrogen (secondary N) is 1. The van der Waals surface area contributed by atoms with Crippen molar-refractivity contribution in [1.82, 2.24) is 14.5 Å². The van der Waals surface area contributed by atoms with Crippen LogP contribution in [0.4, 0.5) is 11.6 Å². The number of methoxy groups -OCH3 is 1. The van der Waals surface area contributed by atoms with Gasteiger partial charge in [0.15, 0.2) is 0 Å². The molecule has 176 valence electrons. The van der Waals surface area contributed by atoms with Gasteiger partial charge < -0.3 is 24.5 Å². The number of carbonyl (C=O) groups is 1. The average Bonchev–Trinajstić information content (AvgIpc) is 3.15. The molecule has 8 heteroatoms. The normalized spacial score (nSPS) is 11.4. The second-order valence-electron chi connectivity index (χ2n) is 8.87. The number of rotatable bonds is 7. The summed E-state index contributed by atoms with van der Waals surface area (Å²) in [4.78, 5) is 20.6. The van der Waals surface area contributed by atoms with E-state index < -0.39 is 5.97 Å². The monoisotopic (exact) mass is 460 g/mol. The maximum atomic E-state index is 11.4. The number of carboxylic acids is 1. The number of fused-ring (bicyclic) bond motifs is 1. The highest BCUT2D eigenvalue weighted by Crippen LogP contribution is 2.37. The molecule has 34 heavy (non-hydrogen) atoms. The zero-order valence-corrected chi connectivity index (χ0v) is 19.9. The minimum absolute atomic E-state index is 0.124. The highest BCUT2D eigenvalue weighted by atomic mass is 16.5. The number of carboxylic acid groups (broad SMARTS) is 1. The van der Waals surface area contributed by atoms with E-state index in [-0.39, 0.29) is 11.0 Å². The molecule has 0 fully saturated rings. The third-order valence-corrected chi connectivity index (χ3v) is 5.50. The van der Waals surface area contributed by atoms with E-state index in [0.29, 0.717) is 41.2 Å². The van der Waals surface area contributed by atoms with Crippen molar-refractivity contribution in [2.75, 3.05) is 12.4 Å². The van der Waals surface area contributed by atoms with Crippen molar-refractivity contribution < 1.29 is 19.4 Å². The van der Waals surface area contributed by atoms with Crippen LogP contribution in [0.25, 0.3) is 11.0 Å². The van der Waals surface area contributed by atoms with Crippen LogP contribution < -0.4 is 14.8 Å². The van der Waals surface area contributed by atoms with E-state index in [9.17, 15) is 9.90 Å². The van der Waals surface area contributed by atoms with Crippen molar-refractivity contribution in [3.8, 4) is 17.5 Å². The van der Waals surface area contributed by atoms with Crippen molar-refractivity contribution >= 4 is 28.6 Å². The van der Waals surface area contributed by atoms with E-state index in [1.807, 2.05) is 41.8 Å². The van der Waals surface area contributed by atoms with Crippen molar-refractivity contribution in [3.05, 3.63) is 65.7 Å². The van der Waals surface area contributed by atoms with E-state index in [1.165, 1.54) is 0 Å². The van der Waals surface area contributed by atoms with Crippen LogP contribution in [-0.4, -0.2) is 32.7 Å². The molecule has 0 saturated carbocycles. The Morgan fingerprint density at radius 1 is 1.09 bits per heavy atom. The number of ether oxygens (including phenoxy) is 2. The van der Waals surface area contributed by atoms with Gasteiger partial charge in [0.1, 0.15) is 11.4 Å². The van der Waals surface area contributed by atoms with Crippen molar-refractivity contribution in [1.29, 1.82) is 0 Å². The fraction of sp³-hybridized carbons (Fsp3) is 0.269. The number of aromatic carboxylic acids is 1. The second-order valence-corrected chi connectivity index (χ2v) is 8.87. The van der Waals surface area contributed by atoms with Crippen LogP contribution in [0.1, 0.15) is 43.6 Å². The standard InChI is InChI=1S/C26H28N4O4/c1-6-30-20-15-16(24(31)32)11-12-18(20)27-25(30)28-19-13-14-22(33-5)29-23(19)34-21-10-8-7-9-17(21)26(2,3)4/h7-15H,6H2,1-5H3,(H,27,28)(H,31,32). The largest absolute Gasteiger partial charge is 0.481 e. The predicted molar refractivity (Wildman–Crippen MR) is 132 cm³/mol. The van der Waals surface area contributed by atoms with E-state index in [1.54, 1.807) is 31.4 Å². The van der Waals surface area contributed by atoms with Crippen molar-refractivity contribution in [2.45, 2.75) is 39.7 Å². The van der Waals surface area contributed by atoms with Gasteiger partial charge >= 0.3 is 5.97 Å². The maximum absolute atomic E-state index is 11.4. The van der Waals surface area contributed by atoms with Gasteiger partial charge in [0.05, 0.1) is 23.7 Å². The molecule has 0 atom stereocenters. The molecule has 2 N–H and O–H groups in total. The van der Waals surface area contributed by atoms with Crippen LogP contribution >= 0.6 is 0 Å².